The third kappa shape index (κ3) is 6.15. The molecular formula is C44H30N4. The van der Waals surface area contributed by atoms with Gasteiger partial charge in [-0.15, -0.1) is 0 Å². The van der Waals surface area contributed by atoms with Crippen molar-refractivity contribution in [3.05, 3.63) is 183 Å². The van der Waals surface area contributed by atoms with Crippen molar-refractivity contribution in [1.82, 2.24) is 19.9 Å². The van der Waals surface area contributed by atoms with Gasteiger partial charge in [-0.3, -0.25) is 9.97 Å². The minimum Gasteiger partial charge on any atom is -0.264 e. The normalized spacial score (nSPS) is 10.9. The Hall–Kier alpha value is -6.52. The lowest BCUT2D eigenvalue weighted by molar-refractivity contribution is 1.18. The number of aromatic nitrogens is 4. The Kier molecular flexibility index (Phi) is 7.87. The summed E-state index contributed by atoms with van der Waals surface area (Å²) < 4.78 is 0. The highest BCUT2D eigenvalue weighted by molar-refractivity contribution is 5.80. The molecular weight excluding hydrogens is 585 g/mol. The number of hydrogen-bond acceptors (Lipinski definition) is 4. The van der Waals surface area contributed by atoms with Gasteiger partial charge in [0.1, 0.15) is 0 Å². The van der Waals surface area contributed by atoms with Crippen LogP contribution >= 0.6 is 0 Å². The average Bonchev–Trinajstić information content (AvgIpc) is 3.19. The maximum Gasteiger partial charge on any atom is 0.160 e. The molecule has 0 saturated heterocycles. The van der Waals surface area contributed by atoms with Crippen molar-refractivity contribution in [3.8, 4) is 78.4 Å². The van der Waals surface area contributed by atoms with E-state index < -0.39 is 0 Å². The van der Waals surface area contributed by atoms with Crippen LogP contribution in [0.15, 0.2) is 183 Å². The van der Waals surface area contributed by atoms with Crippen molar-refractivity contribution in [2.24, 2.45) is 0 Å². The van der Waals surface area contributed by atoms with Gasteiger partial charge < -0.3 is 0 Å². The quantitative estimate of drug-likeness (QED) is 0.179. The van der Waals surface area contributed by atoms with Crippen molar-refractivity contribution in [2.45, 2.75) is 0 Å². The van der Waals surface area contributed by atoms with E-state index in [4.69, 9.17) is 9.97 Å². The van der Waals surface area contributed by atoms with Gasteiger partial charge in [0.15, 0.2) is 5.82 Å². The number of hydrogen-bond donors (Lipinski definition) is 0. The summed E-state index contributed by atoms with van der Waals surface area (Å²) in [5.74, 6) is 0.691. The zero-order chi connectivity index (χ0) is 32.1. The molecule has 0 unspecified atom stereocenters. The Labute approximate surface area is 280 Å². The molecule has 3 heterocycles. The van der Waals surface area contributed by atoms with E-state index in [1.165, 1.54) is 0 Å². The van der Waals surface area contributed by atoms with Gasteiger partial charge in [-0.05, 0) is 75.8 Å². The minimum absolute atomic E-state index is 0.691. The summed E-state index contributed by atoms with van der Waals surface area (Å²) in [7, 11) is 0. The molecule has 0 bridgehead atoms. The summed E-state index contributed by atoms with van der Waals surface area (Å²) in [6.07, 6.45) is 7.40. The molecule has 0 aliphatic carbocycles. The third-order valence-corrected chi connectivity index (χ3v) is 8.46. The predicted octanol–water partition coefficient (Wildman–Crippen LogP) is 10.9. The van der Waals surface area contributed by atoms with Crippen LogP contribution in [0.4, 0.5) is 0 Å². The van der Waals surface area contributed by atoms with Crippen molar-refractivity contribution >= 4 is 0 Å². The van der Waals surface area contributed by atoms with Crippen LogP contribution in [0.5, 0.6) is 0 Å². The molecule has 0 atom stereocenters. The Morgan fingerprint density at radius 3 is 1.04 bits per heavy atom. The second-order valence-corrected chi connectivity index (χ2v) is 11.6. The van der Waals surface area contributed by atoms with Crippen LogP contribution in [-0.2, 0) is 0 Å². The van der Waals surface area contributed by atoms with E-state index >= 15 is 0 Å². The molecule has 8 rings (SSSR count). The van der Waals surface area contributed by atoms with Gasteiger partial charge >= 0.3 is 0 Å². The van der Waals surface area contributed by atoms with E-state index in [-0.39, 0.29) is 0 Å². The molecule has 5 aromatic carbocycles. The minimum atomic E-state index is 0.691. The SMILES string of the molecule is c1ccc(-c2nc(-c3cccc(-c4cccc(-c5cccnc5)c4)c3)cc(-c3cccc(-c4cccc(-c5cccnc5)c4)c3)n2)cc1. The fourth-order valence-corrected chi connectivity index (χ4v) is 6.00. The van der Waals surface area contributed by atoms with Crippen molar-refractivity contribution in [2.75, 3.05) is 0 Å². The summed E-state index contributed by atoms with van der Waals surface area (Å²) in [6.45, 7) is 0. The van der Waals surface area contributed by atoms with E-state index in [9.17, 15) is 0 Å². The molecule has 0 radical (unpaired) electrons. The molecule has 0 aliphatic rings. The zero-order valence-corrected chi connectivity index (χ0v) is 26.1. The van der Waals surface area contributed by atoms with Crippen molar-refractivity contribution in [1.29, 1.82) is 0 Å². The van der Waals surface area contributed by atoms with E-state index in [1.807, 2.05) is 42.7 Å². The predicted molar refractivity (Wildman–Crippen MR) is 196 cm³/mol. The highest BCUT2D eigenvalue weighted by Crippen LogP contribution is 2.33. The van der Waals surface area contributed by atoms with Crippen LogP contribution in [0.1, 0.15) is 0 Å². The van der Waals surface area contributed by atoms with Gasteiger partial charge in [-0.1, -0.05) is 115 Å². The molecule has 3 aromatic heterocycles. The lowest BCUT2D eigenvalue weighted by Gasteiger charge is -2.12. The van der Waals surface area contributed by atoms with Crippen LogP contribution < -0.4 is 0 Å². The fourth-order valence-electron chi connectivity index (χ4n) is 6.00. The van der Waals surface area contributed by atoms with Crippen LogP contribution in [0.25, 0.3) is 78.4 Å². The van der Waals surface area contributed by atoms with Gasteiger partial charge in [0, 0.05) is 52.6 Å². The molecule has 0 spiro atoms. The Morgan fingerprint density at radius 2 is 0.625 bits per heavy atom. The third-order valence-electron chi connectivity index (χ3n) is 8.46. The van der Waals surface area contributed by atoms with Crippen molar-refractivity contribution < 1.29 is 0 Å². The first-order valence-corrected chi connectivity index (χ1v) is 15.9. The molecule has 0 aliphatic heterocycles. The highest BCUT2D eigenvalue weighted by Gasteiger charge is 2.13. The monoisotopic (exact) mass is 614 g/mol. The summed E-state index contributed by atoms with van der Waals surface area (Å²) in [4.78, 5) is 18.8. The molecule has 0 amide bonds. The second kappa shape index (κ2) is 13.1. The summed E-state index contributed by atoms with van der Waals surface area (Å²) in [5, 5.41) is 0. The van der Waals surface area contributed by atoms with Crippen LogP contribution in [-0.4, -0.2) is 19.9 Å². The average molecular weight is 615 g/mol. The van der Waals surface area contributed by atoms with Crippen molar-refractivity contribution in [3.63, 3.8) is 0 Å². The van der Waals surface area contributed by atoms with Gasteiger partial charge in [0.25, 0.3) is 0 Å². The maximum absolute atomic E-state index is 5.10. The van der Waals surface area contributed by atoms with E-state index in [1.54, 1.807) is 12.4 Å². The first-order valence-electron chi connectivity index (χ1n) is 15.9. The zero-order valence-electron chi connectivity index (χ0n) is 26.1. The summed E-state index contributed by atoms with van der Waals surface area (Å²) >= 11 is 0. The fraction of sp³-hybridized carbons (Fsp3) is 0. The lowest BCUT2D eigenvalue weighted by Crippen LogP contribution is -1.96. The van der Waals surface area contributed by atoms with Gasteiger partial charge in [0.2, 0.25) is 0 Å². The maximum atomic E-state index is 5.10. The molecule has 8 aromatic rings. The number of pyridine rings is 2. The summed E-state index contributed by atoms with van der Waals surface area (Å²) in [6, 6.07) is 54.7. The van der Waals surface area contributed by atoms with E-state index in [0.29, 0.717) is 5.82 Å². The second-order valence-electron chi connectivity index (χ2n) is 11.6. The van der Waals surface area contributed by atoms with Crippen LogP contribution in [0.3, 0.4) is 0 Å². The topological polar surface area (TPSA) is 51.6 Å². The van der Waals surface area contributed by atoms with Gasteiger partial charge in [-0.25, -0.2) is 9.97 Å². The molecule has 226 valence electrons. The lowest BCUT2D eigenvalue weighted by atomic mass is 9.96. The Morgan fingerprint density at radius 1 is 0.271 bits per heavy atom. The molecule has 0 N–H and O–H groups in total. The molecule has 0 saturated carbocycles. The number of rotatable bonds is 7. The first-order chi connectivity index (χ1) is 23.8. The Balaban J connectivity index is 1.20. The smallest absolute Gasteiger partial charge is 0.160 e. The number of benzene rings is 5. The standard InChI is InChI=1S/C44H30N4/c1-2-10-31(11-3-1)44-47-42(38-18-6-14-34(26-38)32-12-4-16-36(24-32)40-20-8-22-45-29-40)28-43(48-44)39-19-7-15-35(27-39)33-13-5-17-37(25-33)41-21-9-23-46-30-41/h1-30H. The molecule has 4 heteroatoms. The first kappa shape index (κ1) is 28.9. The van der Waals surface area contributed by atoms with Crippen LogP contribution in [0.2, 0.25) is 0 Å². The van der Waals surface area contributed by atoms with Gasteiger partial charge in [-0.2, -0.15) is 0 Å². The largest absolute Gasteiger partial charge is 0.264 e. The van der Waals surface area contributed by atoms with E-state index in [0.717, 1.165) is 72.6 Å². The number of nitrogens with zero attached hydrogens (tertiary/aromatic N) is 4. The summed E-state index contributed by atoms with van der Waals surface area (Å²) in [5.41, 5.74) is 13.7. The van der Waals surface area contributed by atoms with Gasteiger partial charge in [0.05, 0.1) is 11.4 Å². The Bertz CT molecular complexity index is 2190. The molecule has 4 nitrogen and oxygen atoms in total. The van der Waals surface area contributed by atoms with Crippen LogP contribution in [0, 0.1) is 0 Å². The van der Waals surface area contributed by atoms with E-state index in [2.05, 4.69) is 137 Å². The highest BCUT2D eigenvalue weighted by atomic mass is 14.9. The molecule has 48 heavy (non-hydrogen) atoms. The molecule has 0 fully saturated rings.